The second-order valence-corrected chi connectivity index (χ2v) is 10.2. The van der Waals surface area contributed by atoms with Crippen LogP contribution in [0.3, 0.4) is 0 Å². The van der Waals surface area contributed by atoms with Gasteiger partial charge in [0.1, 0.15) is 4.90 Å². The Bertz CT molecular complexity index is 1050. The minimum Gasteiger partial charge on any atom is -0.324 e. The molecule has 3 rings (SSSR count). The fraction of sp³-hybridized carbons (Fsp3) is 0.381. The minimum atomic E-state index is -3.75. The van der Waals surface area contributed by atoms with Crippen molar-refractivity contribution in [2.45, 2.75) is 31.7 Å². The monoisotopic (exact) mass is 469 g/mol. The number of hydrogen-bond donors (Lipinski definition) is 1. The first-order valence-corrected chi connectivity index (χ1v) is 11.9. The van der Waals surface area contributed by atoms with Crippen LogP contribution in [0.5, 0.6) is 0 Å². The highest BCUT2D eigenvalue weighted by atomic mass is 35.5. The zero-order chi connectivity index (χ0) is 22.1. The first-order chi connectivity index (χ1) is 14.1. The van der Waals surface area contributed by atoms with E-state index >= 15 is 0 Å². The van der Waals surface area contributed by atoms with Crippen molar-refractivity contribution in [2.24, 2.45) is 0 Å². The summed E-state index contributed by atoms with van der Waals surface area (Å²) in [7, 11) is -3.75. The van der Waals surface area contributed by atoms with Gasteiger partial charge < -0.3 is 5.32 Å². The van der Waals surface area contributed by atoms with Crippen LogP contribution in [0.25, 0.3) is 0 Å². The third kappa shape index (κ3) is 4.81. The molecule has 0 bridgehead atoms. The van der Waals surface area contributed by atoms with Gasteiger partial charge in [0.2, 0.25) is 15.9 Å². The summed E-state index contributed by atoms with van der Waals surface area (Å²) < 4.78 is 27.3. The van der Waals surface area contributed by atoms with Gasteiger partial charge in [-0.05, 0) is 50.1 Å². The number of hydrogen-bond acceptors (Lipinski definition) is 4. The number of aryl methyl sites for hydroxylation is 2. The number of benzene rings is 2. The van der Waals surface area contributed by atoms with Crippen LogP contribution >= 0.6 is 23.2 Å². The average molecular weight is 470 g/mol. The molecule has 2 aromatic carbocycles. The summed E-state index contributed by atoms with van der Waals surface area (Å²) in [6.45, 7) is 7.18. The second kappa shape index (κ2) is 9.24. The van der Waals surface area contributed by atoms with Crippen LogP contribution in [0.15, 0.2) is 41.3 Å². The maximum absolute atomic E-state index is 13.0. The average Bonchev–Trinajstić information content (AvgIpc) is 2.72. The van der Waals surface area contributed by atoms with Crippen molar-refractivity contribution in [1.29, 1.82) is 0 Å². The van der Waals surface area contributed by atoms with Crippen molar-refractivity contribution in [1.82, 2.24) is 9.21 Å². The molecule has 30 heavy (non-hydrogen) atoms. The molecule has 0 saturated carbocycles. The van der Waals surface area contributed by atoms with E-state index in [9.17, 15) is 13.2 Å². The Morgan fingerprint density at radius 1 is 1.07 bits per heavy atom. The Morgan fingerprint density at radius 3 is 2.40 bits per heavy atom. The zero-order valence-electron chi connectivity index (χ0n) is 17.2. The van der Waals surface area contributed by atoms with Crippen molar-refractivity contribution in [3.8, 4) is 0 Å². The molecule has 0 radical (unpaired) electrons. The van der Waals surface area contributed by atoms with Crippen molar-refractivity contribution in [2.75, 3.05) is 31.5 Å². The Kier molecular flexibility index (Phi) is 7.09. The number of nitrogens with zero attached hydrogens (tertiary/aromatic N) is 2. The molecular formula is C21H25Cl2N3O3S. The molecule has 2 aromatic rings. The van der Waals surface area contributed by atoms with E-state index in [0.29, 0.717) is 13.1 Å². The number of anilines is 1. The predicted octanol–water partition coefficient (Wildman–Crippen LogP) is 3.94. The van der Waals surface area contributed by atoms with Crippen LogP contribution in [-0.2, 0) is 14.8 Å². The number of amides is 1. The van der Waals surface area contributed by atoms with Gasteiger partial charge in [0, 0.05) is 31.9 Å². The molecule has 1 amide bonds. The van der Waals surface area contributed by atoms with E-state index in [4.69, 9.17) is 23.2 Å². The second-order valence-electron chi connectivity index (χ2n) is 7.48. The first kappa shape index (κ1) is 23.0. The zero-order valence-corrected chi connectivity index (χ0v) is 19.5. The van der Waals surface area contributed by atoms with Crippen molar-refractivity contribution in [3.63, 3.8) is 0 Å². The van der Waals surface area contributed by atoms with Crippen LogP contribution < -0.4 is 5.32 Å². The van der Waals surface area contributed by atoms with Crippen molar-refractivity contribution < 1.29 is 13.2 Å². The lowest BCUT2D eigenvalue weighted by atomic mass is 10.1. The molecule has 0 aromatic heterocycles. The summed E-state index contributed by atoms with van der Waals surface area (Å²) >= 11 is 12.1. The predicted molar refractivity (Wildman–Crippen MR) is 121 cm³/mol. The first-order valence-electron chi connectivity index (χ1n) is 9.67. The number of nitrogens with one attached hydrogen (secondary N) is 1. The van der Waals surface area contributed by atoms with E-state index in [1.54, 1.807) is 12.1 Å². The Hall–Kier alpha value is -1.64. The third-order valence-electron chi connectivity index (χ3n) is 5.39. The van der Waals surface area contributed by atoms with Crippen molar-refractivity contribution in [3.05, 3.63) is 57.6 Å². The van der Waals surface area contributed by atoms with Gasteiger partial charge in [-0.25, -0.2) is 8.42 Å². The van der Waals surface area contributed by atoms with Gasteiger partial charge in [-0.15, -0.1) is 0 Å². The van der Waals surface area contributed by atoms with Gasteiger partial charge in [0.25, 0.3) is 0 Å². The number of carbonyl (C=O) groups is 1. The third-order valence-corrected chi connectivity index (χ3v) is 8.26. The van der Waals surface area contributed by atoms with Crippen LogP contribution in [-0.4, -0.2) is 55.8 Å². The summed E-state index contributed by atoms with van der Waals surface area (Å²) in [5, 5.41) is 3.22. The molecule has 1 aliphatic rings. The molecule has 1 unspecified atom stereocenters. The Labute approximate surface area is 187 Å². The maximum Gasteiger partial charge on any atom is 0.244 e. The lowest BCUT2D eigenvalue weighted by Crippen LogP contribution is -2.54. The molecule has 1 saturated heterocycles. The van der Waals surface area contributed by atoms with Gasteiger partial charge in [0.05, 0.1) is 16.1 Å². The fourth-order valence-electron chi connectivity index (χ4n) is 3.43. The summed E-state index contributed by atoms with van der Waals surface area (Å²) in [6.07, 6.45) is 0. The molecule has 1 heterocycles. The van der Waals surface area contributed by atoms with Gasteiger partial charge in [-0.2, -0.15) is 4.31 Å². The van der Waals surface area contributed by atoms with E-state index in [-0.39, 0.29) is 40.0 Å². The fourth-order valence-corrected chi connectivity index (χ4v) is 5.59. The van der Waals surface area contributed by atoms with Gasteiger partial charge in [-0.1, -0.05) is 41.4 Å². The van der Waals surface area contributed by atoms with Crippen LogP contribution in [0, 0.1) is 13.8 Å². The number of carbonyl (C=O) groups excluding carboxylic acids is 1. The normalized spacial score (nSPS) is 17.0. The molecule has 1 N–H and O–H groups in total. The van der Waals surface area contributed by atoms with E-state index in [1.807, 2.05) is 43.9 Å². The molecule has 6 nitrogen and oxygen atoms in total. The molecule has 1 atom stereocenters. The Balaban J connectivity index is 1.65. The van der Waals surface area contributed by atoms with Crippen molar-refractivity contribution >= 4 is 44.8 Å². The van der Waals surface area contributed by atoms with Gasteiger partial charge in [0.15, 0.2) is 0 Å². The quantitative estimate of drug-likeness (QED) is 0.719. The summed E-state index contributed by atoms with van der Waals surface area (Å²) in [5.41, 5.74) is 2.86. The SMILES string of the molecule is Cc1ccc(C)c(NC(=O)C(C)N2CCN(S(=O)(=O)c3cccc(Cl)c3Cl)CC2)c1. The lowest BCUT2D eigenvalue weighted by molar-refractivity contribution is -0.121. The summed E-state index contributed by atoms with van der Waals surface area (Å²) in [4.78, 5) is 14.7. The Morgan fingerprint density at radius 2 is 1.73 bits per heavy atom. The molecule has 1 fully saturated rings. The highest BCUT2D eigenvalue weighted by molar-refractivity contribution is 7.89. The highest BCUT2D eigenvalue weighted by Gasteiger charge is 2.33. The standard InChI is InChI=1S/C21H25Cl2N3O3S/c1-14-7-8-15(2)18(13-14)24-21(27)16(3)25-9-11-26(12-10-25)30(28,29)19-6-4-5-17(22)20(19)23/h4-8,13,16H,9-12H2,1-3H3,(H,24,27). The largest absolute Gasteiger partial charge is 0.324 e. The van der Waals surface area contributed by atoms with E-state index in [1.165, 1.54) is 10.4 Å². The van der Waals surface area contributed by atoms with E-state index in [0.717, 1.165) is 16.8 Å². The van der Waals surface area contributed by atoms with E-state index < -0.39 is 10.0 Å². The highest BCUT2D eigenvalue weighted by Crippen LogP contribution is 2.31. The maximum atomic E-state index is 13.0. The number of rotatable bonds is 5. The number of sulfonamides is 1. The number of halogens is 2. The molecular weight excluding hydrogens is 445 g/mol. The van der Waals surface area contributed by atoms with E-state index in [2.05, 4.69) is 5.32 Å². The topological polar surface area (TPSA) is 69.7 Å². The van der Waals surface area contributed by atoms with Crippen LogP contribution in [0.1, 0.15) is 18.1 Å². The molecule has 1 aliphatic heterocycles. The van der Waals surface area contributed by atoms with Crippen LogP contribution in [0.2, 0.25) is 10.0 Å². The lowest BCUT2D eigenvalue weighted by Gasteiger charge is -2.36. The minimum absolute atomic E-state index is 0.00540. The number of piperazine rings is 1. The molecule has 0 spiro atoms. The molecule has 162 valence electrons. The summed E-state index contributed by atoms with van der Waals surface area (Å²) in [6, 6.07) is 10.1. The smallest absolute Gasteiger partial charge is 0.244 e. The molecule has 9 heteroatoms. The molecule has 0 aliphatic carbocycles. The van der Waals surface area contributed by atoms with Gasteiger partial charge >= 0.3 is 0 Å². The van der Waals surface area contributed by atoms with Crippen LogP contribution in [0.4, 0.5) is 5.69 Å². The van der Waals surface area contributed by atoms with Gasteiger partial charge in [-0.3, -0.25) is 9.69 Å². The summed E-state index contributed by atoms with van der Waals surface area (Å²) in [5.74, 6) is -0.113.